The van der Waals surface area contributed by atoms with Gasteiger partial charge in [0.2, 0.25) is 0 Å². The van der Waals surface area contributed by atoms with E-state index < -0.39 is 92.7 Å². The van der Waals surface area contributed by atoms with E-state index in [4.69, 9.17) is 28.4 Å². The van der Waals surface area contributed by atoms with Gasteiger partial charge in [-0.05, 0) is 64.2 Å². The molecule has 11 atom stereocenters. The van der Waals surface area contributed by atoms with E-state index in [0.29, 0.717) is 12.8 Å². The molecule has 2 aliphatic rings. The molecule has 2 saturated heterocycles. The summed E-state index contributed by atoms with van der Waals surface area (Å²) in [6, 6.07) is 0. The molecule has 7 N–H and O–H groups in total. The van der Waals surface area contributed by atoms with Gasteiger partial charge in [-0.2, -0.15) is 0 Å². The van der Waals surface area contributed by atoms with E-state index in [0.717, 1.165) is 70.6 Å². The Bertz CT molecular complexity index is 1330. The number of unbranched alkanes of at least 4 members (excludes halogenated alkanes) is 21. The number of aliphatic hydroxyl groups excluding tert-OH is 7. The van der Waals surface area contributed by atoms with Crippen LogP contribution in [0.1, 0.15) is 194 Å². The van der Waals surface area contributed by atoms with E-state index in [1.54, 1.807) is 0 Å². The highest BCUT2D eigenvalue weighted by atomic mass is 16.7. The molecule has 15 heteroatoms. The highest BCUT2D eigenvalue weighted by Crippen LogP contribution is 2.26. The summed E-state index contributed by atoms with van der Waals surface area (Å²) in [4.78, 5) is 25.8. The van der Waals surface area contributed by atoms with E-state index in [1.807, 2.05) is 0 Å². The molecule has 0 aromatic rings. The second-order valence-electron chi connectivity index (χ2n) is 18.7. The zero-order valence-electron chi connectivity index (χ0n) is 41.8. The first-order valence-electron chi connectivity index (χ1n) is 26.6. The average molecular weight is 971 g/mol. The van der Waals surface area contributed by atoms with Gasteiger partial charge in [0.1, 0.15) is 55.4 Å². The number of rotatable bonds is 41. The summed E-state index contributed by atoms with van der Waals surface area (Å²) in [7, 11) is 0. The quantitative estimate of drug-likeness (QED) is 0.0177. The summed E-state index contributed by atoms with van der Waals surface area (Å²) in [6.07, 6.45) is 26.0. The Morgan fingerprint density at radius 1 is 0.471 bits per heavy atom. The molecule has 11 unspecified atom stereocenters. The number of ether oxygens (including phenoxy) is 6. The molecule has 15 nitrogen and oxygen atoms in total. The lowest BCUT2D eigenvalue weighted by atomic mass is 9.98. The molecule has 0 aromatic heterocycles. The predicted octanol–water partition coefficient (Wildman–Crippen LogP) is 7.71. The van der Waals surface area contributed by atoms with Crippen molar-refractivity contribution >= 4 is 11.9 Å². The molecule has 2 rings (SSSR count). The van der Waals surface area contributed by atoms with Crippen molar-refractivity contribution in [1.82, 2.24) is 0 Å². The second-order valence-corrected chi connectivity index (χ2v) is 18.7. The fourth-order valence-corrected chi connectivity index (χ4v) is 8.19. The number of hydrogen-bond donors (Lipinski definition) is 7. The fourth-order valence-electron chi connectivity index (χ4n) is 8.19. The highest BCUT2D eigenvalue weighted by molar-refractivity contribution is 5.70. The van der Waals surface area contributed by atoms with Crippen LogP contribution in [0.3, 0.4) is 0 Å². The van der Waals surface area contributed by atoms with Crippen molar-refractivity contribution in [3.05, 3.63) is 36.5 Å². The molecule has 0 aromatic carbocycles. The van der Waals surface area contributed by atoms with Gasteiger partial charge in [-0.25, -0.2) is 0 Å². The number of carbonyl (C=O) groups is 2. The van der Waals surface area contributed by atoms with Crippen molar-refractivity contribution in [3.63, 3.8) is 0 Å². The number of allylic oxidation sites excluding steroid dienone is 6. The van der Waals surface area contributed by atoms with Crippen molar-refractivity contribution in [2.24, 2.45) is 0 Å². The molecule has 0 spiro atoms. The van der Waals surface area contributed by atoms with Gasteiger partial charge in [0.05, 0.1) is 19.8 Å². The highest BCUT2D eigenvalue weighted by Gasteiger charge is 2.47. The van der Waals surface area contributed by atoms with Gasteiger partial charge >= 0.3 is 11.9 Å². The minimum atomic E-state index is -1.77. The first kappa shape index (κ1) is 61.8. The van der Waals surface area contributed by atoms with Crippen molar-refractivity contribution < 1.29 is 73.8 Å². The van der Waals surface area contributed by atoms with E-state index in [-0.39, 0.29) is 26.1 Å². The van der Waals surface area contributed by atoms with E-state index in [1.165, 1.54) is 83.5 Å². The molecule has 2 fully saturated rings. The number of esters is 2. The van der Waals surface area contributed by atoms with Crippen LogP contribution in [0.15, 0.2) is 36.5 Å². The van der Waals surface area contributed by atoms with Gasteiger partial charge in [0.15, 0.2) is 18.7 Å². The standard InChI is InChI=1S/C53H94O15/c1-3-5-7-9-11-13-15-17-18-19-20-21-22-24-25-27-29-31-33-35-44(55)63-38-41(66-45(56)36-34-32-30-28-26-23-16-14-12-10-8-6-4-2)39-64-52-51(62)49(60)47(58)43(68-52)40-65-53-50(61)48(59)46(57)42(37-54)67-53/h8,10,14,16-18,41-43,46-54,57-62H,3-7,9,11-13,15,19-40H2,1-2H3/b10-8-,16-14-,18-17-. The van der Waals surface area contributed by atoms with Gasteiger partial charge in [-0.15, -0.1) is 0 Å². The summed E-state index contributed by atoms with van der Waals surface area (Å²) in [5, 5.41) is 72.1. The lowest BCUT2D eigenvalue weighted by molar-refractivity contribution is -0.332. The van der Waals surface area contributed by atoms with Crippen LogP contribution in [0, 0.1) is 0 Å². The molecule has 0 radical (unpaired) electrons. The Labute approximate surface area is 408 Å². The average Bonchev–Trinajstić information content (AvgIpc) is 3.33. The normalized spacial score (nSPS) is 26.0. The Balaban J connectivity index is 1.78. The zero-order chi connectivity index (χ0) is 49.6. The van der Waals surface area contributed by atoms with Gasteiger partial charge < -0.3 is 64.2 Å². The molecule has 0 aliphatic carbocycles. The lowest BCUT2D eigenvalue weighted by Gasteiger charge is -2.42. The summed E-state index contributed by atoms with van der Waals surface area (Å²) in [5.41, 5.74) is 0. The molecule has 2 heterocycles. The summed E-state index contributed by atoms with van der Waals surface area (Å²) in [5.74, 6) is -0.941. The summed E-state index contributed by atoms with van der Waals surface area (Å²) < 4.78 is 33.6. The molecular weight excluding hydrogens is 877 g/mol. The Kier molecular flexibility index (Phi) is 36.7. The van der Waals surface area contributed by atoms with E-state index >= 15 is 0 Å². The third-order valence-corrected chi connectivity index (χ3v) is 12.6. The van der Waals surface area contributed by atoms with Crippen molar-refractivity contribution in [2.75, 3.05) is 26.4 Å². The first-order chi connectivity index (χ1) is 33.0. The predicted molar refractivity (Wildman–Crippen MR) is 261 cm³/mol. The minimum Gasteiger partial charge on any atom is -0.462 e. The zero-order valence-corrected chi connectivity index (χ0v) is 41.8. The van der Waals surface area contributed by atoms with Crippen LogP contribution in [0.5, 0.6) is 0 Å². The van der Waals surface area contributed by atoms with E-state index in [9.17, 15) is 45.3 Å². The number of hydrogen-bond acceptors (Lipinski definition) is 15. The molecule has 68 heavy (non-hydrogen) atoms. The maximum absolute atomic E-state index is 13.0. The number of aliphatic hydroxyl groups is 7. The Morgan fingerprint density at radius 2 is 0.912 bits per heavy atom. The van der Waals surface area contributed by atoms with Crippen LogP contribution in [-0.2, 0) is 38.0 Å². The Morgan fingerprint density at radius 3 is 1.44 bits per heavy atom. The topological polar surface area (TPSA) is 231 Å². The smallest absolute Gasteiger partial charge is 0.306 e. The fraction of sp³-hybridized carbons (Fsp3) is 0.849. The van der Waals surface area contributed by atoms with Crippen LogP contribution in [-0.4, -0.2) is 142 Å². The summed E-state index contributed by atoms with van der Waals surface area (Å²) in [6.45, 7) is 2.51. The Hall–Kier alpha value is -2.28. The monoisotopic (exact) mass is 971 g/mol. The molecule has 0 amide bonds. The van der Waals surface area contributed by atoms with Gasteiger partial charge in [0, 0.05) is 12.8 Å². The van der Waals surface area contributed by atoms with Crippen LogP contribution in [0.2, 0.25) is 0 Å². The van der Waals surface area contributed by atoms with Crippen LogP contribution >= 0.6 is 0 Å². The molecule has 2 aliphatic heterocycles. The van der Waals surface area contributed by atoms with Gasteiger partial charge in [-0.3, -0.25) is 9.59 Å². The maximum Gasteiger partial charge on any atom is 0.306 e. The van der Waals surface area contributed by atoms with Crippen molar-refractivity contribution in [2.45, 2.75) is 261 Å². The third-order valence-electron chi connectivity index (χ3n) is 12.6. The first-order valence-corrected chi connectivity index (χ1v) is 26.6. The largest absolute Gasteiger partial charge is 0.462 e. The second kappa shape index (κ2) is 40.3. The molecular formula is C53H94O15. The number of carbonyl (C=O) groups excluding carboxylic acids is 2. The third kappa shape index (κ3) is 27.9. The maximum atomic E-state index is 13.0. The van der Waals surface area contributed by atoms with Crippen LogP contribution in [0.25, 0.3) is 0 Å². The molecule has 0 bridgehead atoms. The van der Waals surface area contributed by atoms with Gasteiger partial charge in [-0.1, -0.05) is 153 Å². The SMILES string of the molecule is CCC/C=C\C/C=C\CCCCCCCC(=O)OC(COC(=O)CCCCCCCCCCC/C=C\CCCCCCCC)COC1OC(COC2OC(CO)C(O)C(O)C2O)C(O)C(O)C1O. The van der Waals surface area contributed by atoms with E-state index in [2.05, 4.69) is 50.3 Å². The van der Waals surface area contributed by atoms with Crippen molar-refractivity contribution in [1.29, 1.82) is 0 Å². The lowest BCUT2D eigenvalue weighted by Crippen LogP contribution is -2.61. The van der Waals surface area contributed by atoms with Gasteiger partial charge in [0.25, 0.3) is 0 Å². The molecule has 0 saturated carbocycles. The molecule has 396 valence electrons. The van der Waals surface area contributed by atoms with Crippen molar-refractivity contribution in [3.8, 4) is 0 Å². The minimum absolute atomic E-state index is 0.149. The van der Waals surface area contributed by atoms with Crippen LogP contribution in [0.4, 0.5) is 0 Å². The van der Waals surface area contributed by atoms with Crippen LogP contribution < -0.4 is 0 Å². The summed E-state index contributed by atoms with van der Waals surface area (Å²) >= 11 is 0.